The second kappa shape index (κ2) is 7.48. The van der Waals surface area contributed by atoms with E-state index in [0.29, 0.717) is 13.0 Å². The number of nitrogens with one attached hydrogen (secondary N) is 2. The summed E-state index contributed by atoms with van der Waals surface area (Å²) in [6.07, 6.45) is 4.30. The normalized spacial score (nSPS) is 19.1. The van der Waals surface area contributed by atoms with Crippen molar-refractivity contribution in [2.24, 2.45) is 0 Å². The Morgan fingerprint density at radius 2 is 1.90 bits per heavy atom. The number of rotatable bonds is 2. The van der Waals surface area contributed by atoms with Gasteiger partial charge in [0.2, 0.25) is 5.91 Å². The molecule has 3 aromatic rings. The van der Waals surface area contributed by atoms with E-state index in [-0.39, 0.29) is 11.4 Å². The highest BCUT2D eigenvalue weighted by Crippen LogP contribution is 2.33. The highest BCUT2D eigenvalue weighted by atomic mass is 16.1. The Hall–Kier alpha value is -2.92. The fraction of sp³-hybridized carbons (Fsp3) is 0.333. The largest absolute Gasteiger partial charge is 0.379 e. The van der Waals surface area contributed by atoms with Crippen LogP contribution in [-0.4, -0.2) is 34.4 Å². The van der Waals surface area contributed by atoms with Gasteiger partial charge in [0, 0.05) is 55.4 Å². The summed E-state index contributed by atoms with van der Waals surface area (Å²) in [5.74, 6) is 0.141. The maximum absolute atomic E-state index is 12.4. The zero-order valence-corrected chi connectivity index (χ0v) is 16.5. The second-order valence-corrected chi connectivity index (χ2v) is 8.32. The van der Waals surface area contributed by atoms with Crippen molar-refractivity contribution in [1.82, 2.24) is 15.2 Å². The van der Waals surface area contributed by atoms with Gasteiger partial charge < -0.3 is 10.6 Å². The minimum absolute atomic E-state index is 0.141. The fourth-order valence-corrected chi connectivity index (χ4v) is 4.61. The predicted molar refractivity (Wildman–Crippen MR) is 116 cm³/mol. The van der Waals surface area contributed by atoms with E-state index in [1.54, 1.807) is 0 Å². The second-order valence-electron chi connectivity index (χ2n) is 8.32. The van der Waals surface area contributed by atoms with Gasteiger partial charge in [-0.3, -0.25) is 14.7 Å². The molecule has 1 aromatic heterocycles. The van der Waals surface area contributed by atoms with Gasteiger partial charge in [0.25, 0.3) is 0 Å². The maximum atomic E-state index is 12.4. The molecular formula is C24H26N4O. The van der Waals surface area contributed by atoms with Crippen molar-refractivity contribution in [1.29, 1.82) is 0 Å². The topological polar surface area (TPSA) is 57.3 Å². The Balaban J connectivity index is 1.30. The molecule has 5 heteroatoms. The van der Waals surface area contributed by atoms with Crippen molar-refractivity contribution < 1.29 is 4.79 Å². The number of para-hydroxylation sites is 1. The van der Waals surface area contributed by atoms with Crippen LogP contribution in [0.2, 0.25) is 0 Å². The Bertz CT molecular complexity index is 1040. The number of piperidine rings is 1. The molecular weight excluding hydrogens is 360 g/mol. The first-order chi connectivity index (χ1) is 14.2. The molecule has 0 saturated carbocycles. The molecule has 0 unspecified atom stereocenters. The molecule has 2 aliphatic heterocycles. The molecule has 1 saturated heterocycles. The number of hydrogen-bond acceptors (Lipinski definition) is 4. The average molecular weight is 386 g/mol. The van der Waals surface area contributed by atoms with Gasteiger partial charge in [-0.1, -0.05) is 30.3 Å². The first kappa shape index (κ1) is 18.1. The third-order valence-corrected chi connectivity index (χ3v) is 6.28. The third kappa shape index (κ3) is 3.83. The molecule has 0 radical (unpaired) electrons. The highest BCUT2D eigenvalue weighted by Gasteiger charge is 2.37. The minimum Gasteiger partial charge on any atom is -0.379 e. The zero-order chi connectivity index (χ0) is 19.7. The summed E-state index contributed by atoms with van der Waals surface area (Å²) in [4.78, 5) is 19.3. The molecule has 0 aliphatic carbocycles. The predicted octanol–water partition coefficient (Wildman–Crippen LogP) is 3.70. The van der Waals surface area contributed by atoms with Gasteiger partial charge in [0.1, 0.15) is 0 Å². The average Bonchev–Trinajstić information content (AvgIpc) is 2.74. The van der Waals surface area contributed by atoms with Gasteiger partial charge >= 0.3 is 0 Å². The molecule has 5 rings (SSSR count). The number of benzene rings is 2. The van der Waals surface area contributed by atoms with Gasteiger partial charge in [-0.2, -0.15) is 0 Å². The van der Waals surface area contributed by atoms with E-state index >= 15 is 0 Å². The number of nitrogens with zero attached hydrogens (tertiary/aromatic N) is 2. The quantitative estimate of drug-likeness (QED) is 0.705. The summed E-state index contributed by atoms with van der Waals surface area (Å²) in [7, 11) is 0. The number of pyridine rings is 1. The number of fused-ring (bicyclic) bond motifs is 2. The molecule has 0 atom stereocenters. The van der Waals surface area contributed by atoms with E-state index in [0.717, 1.165) is 49.2 Å². The summed E-state index contributed by atoms with van der Waals surface area (Å²) >= 11 is 0. The molecule has 1 fully saturated rings. The monoisotopic (exact) mass is 386 g/mol. The summed E-state index contributed by atoms with van der Waals surface area (Å²) in [5.41, 5.74) is 4.51. The lowest BCUT2D eigenvalue weighted by molar-refractivity contribution is -0.122. The third-order valence-electron chi connectivity index (χ3n) is 6.28. The SMILES string of the molecule is O=C1CC2(CCN(Cc3ccc4ncccc4c3)CC2)Nc2ccccc2CN1. The van der Waals surface area contributed by atoms with Crippen molar-refractivity contribution in [2.45, 2.75) is 37.9 Å². The molecule has 2 N–H and O–H groups in total. The Morgan fingerprint density at radius 1 is 1.03 bits per heavy atom. The van der Waals surface area contributed by atoms with Crippen LogP contribution < -0.4 is 10.6 Å². The van der Waals surface area contributed by atoms with Crippen LogP contribution in [0, 0.1) is 0 Å². The summed E-state index contributed by atoms with van der Waals surface area (Å²) < 4.78 is 0. The van der Waals surface area contributed by atoms with E-state index in [1.807, 2.05) is 18.3 Å². The van der Waals surface area contributed by atoms with Crippen LogP contribution in [0.4, 0.5) is 5.69 Å². The molecule has 3 heterocycles. The molecule has 148 valence electrons. The number of amides is 1. The molecule has 1 spiro atoms. The van der Waals surface area contributed by atoms with Gasteiger partial charge in [-0.15, -0.1) is 0 Å². The molecule has 5 nitrogen and oxygen atoms in total. The van der Waals surface area contributed by atoms with Crippen LogP contribution in [0.25, 0.3) is 10.9 Å². The smallest absolute Gasteiger partial charge is 0.222 e. The summed E-state index contributed by atoms with van der Waals surface area (Å²) in [6.45, 7) is 3.49. The van der Waals surface area contributed by atoms with Crippen molar-refractivity contribution in [2.75, 3.05) is 18.4 Å². The number of likely N-dealkylation sites (tertiary alicyclic amines) is 1. The van der Waals surface area contributed by atoms with Crippen LogP contribution in [0.5, 0.6) is 0 Å². The zero-order valence-electron chi connectivity index (χ0n) is 16.5. The van der Waals surface area contributed by atoms with Crippen LogP contribution in [0.1, 0.15) is 30.4 Å². The first-order valence-electron chi connectivity index (χ1n) is 10.4. The Labute approximate surface area is 171 Å². The lowest BCUT2D eigenvalue weighted by Crippen LogP contribution is -2.52. The van der Waals surface area contributed by atoms with Crippen LogP contribution in [-0.2, 0) is 17.9 Å². The Kier molecular flexibility index (Phi) is 4.68. The molecule has 29 heavy (non-hydrogen) atoms. The Morgan fingerprint density at radius 3 is 2.79 bits per heavy atom. The minimum atomic E-state index is -0.162. The lowest BCUT2D eigenvalue weighted by atomic mass is 9.82. The van der Waals surface area contributed by atoms with E-state index in [2.05, 4.69) is 63.0 Å². The molecule has 2 aliphatic rings. The first-order valence-corrected chi connectivity index (χ1v) is 10.4. The van der Waals surface area contributed by atoms with Crippen LogP contribution in [0.3, 0.4) is 0 Å². The number of anilines is 1. The van der Waals surface area contributed by atoms with Gasteiger partial charge in [0.15, 0.2) is 0 Å². The highest BCUT2D eigenvalue weighted by molar-refractivity contribution is 5.79. The van der Waals surface area contributed by atoms with Gasteiger partial charge in [-0.05, 0) is 48.2 Å². The number of aromatic nitrogens is 1. The van der Waals surface area contributed by atoms with Crippen molar-refractivity contribution in [3.8, 4) is 0 Å². The number of carbonyl (C=O) groups is 1. The maximum Gasteiger partial charge on any atom is 0.222 e. The van der Waals surface area contributed by atoms with E-state index in [9.17, 15) is 4.79 Å². The van der Waals surface area contributed by atoms with Crippen LogP contribution >= 0.6 is 0 Å². The van der Waals surface area contributed by atoms with E-state index in [4.69, 9.17) is 0 Å². The molecule has 1 amide bonds. The van der Waals surface area contributed by atoms with E-state index < -0.39 is 0 Å². The van der Waals surface area contributed by atoms with Crippen molar-refractivity contribution >= 4 is 22.5 Å². The standard InChI is InChI=1S/C24H26N4O/c29-23-15-24(27-22-6-2-1-4-20(22)16-26-23)9-12-28(13-10-24)17-18-7-8-21-19(14-18)5-3-11-25-21/h1-8,11,14,27H,9-10,12-13,15-17H2,(H,26,29). The summed E-state index contributed by atoms with van der Waals surface area (Å²) in [5, 5.41) is 8.03. The van der Waals surface area contributed by atoms with Crippen molar-refractivity contribution in [3.05, 3.63) is 71.9 Å². The number of hydrogen-bond donors (Lipinski definition) is 2. The fourth-order valence-electron chi connectivity index (χ4n) is 4.61. The summed E-state index contributed by atoms with van der Waals surface area (Å²) in [6, 6.07) is 18.9. The van der Waals surface area contributed by atoms with Crippen LogP contribution in [0.15, 0.2) is 60.8 Å². The van der Waals surface area contributed by atoms with Gasteiger partial charge in [0.05, 0.1) is 5.52 Å². The lowest BCUT2D eigenvalue weighted by Gasteiger charge is -2.44. The van der Waals surface area contributed by atoms with E-state index in [1.165, 1.54) is 10.9 Å². The molecule has 0 bridgehead atoms. The number of carbonyl (C=O) groups excluding carboxylic acids is 1. The van der Waals surface area contributed by atoms with Gasteiger partial charge in [-0.25, -0.2) is 0 Å². The van der Waals surface area contributed by atoms with Crippen molar-refractivity contribution in [3.63, 3.8) is 0 Å². The molecule has 2 aromatic carbocycles.